The van der Waals surface area contributed by atoms with Gasteiger partial charge in [0.2, 0.25) is 10.0 Å². The molecule has 0 fully saturated rings. The zero-order chi connectivity index (χ0) is 15.7. The molecule has 1 unspecified atom stereocenters. The normalized spacial score (nSPS) is 18.2. The first kappa shape index (κ1) is 15.2. The van der Waals surface area contributed by atoms with Gasteiger partial charge in [-0.25, -0.2) is 12.8 Å². The minimum atomic E-state index is -3.71. The van der Waals surface area contributed by atoms with Crippen LogP contribution < -0.4 is 0 Å². The molecule has 0 aromatic heterocycles. The van der Waals surface area contributed by atoms with Crippen molar-refractivity contribution in [1.29, 1.82) is 0 Å². The van der Waals surface area contributed by atoms with E-state index in [0.717, 1.165) is 30.9 Å². The van der Waals surface area contributed by atoms with Crippen LogP contribution in [0.5, 0.6) is 0 Å². The zero-order valence-corrected chi connectivity index (χ0v) is 13.2. The smallest absolute Gasteiger partial charge is 0.207 e. The molecule has 1 aliphatic rings. The standard InChI is InChI=1S/C17H18FNO2S/c1-19(22(20,21)15-9-5-8-14(18)12-15)17-11-4-7-13-6-2-3-10-16(13)17/h2-3,5-6,8-10,12,17H,4,7,11H2,1H3. The van der Waals surface area contributed by atoms with Crippen LogP contribution in [-0.4, -0.2) is 19.8 Å². The van der Waals surface area contributed by atoms with Crippen LogP contribution in [0.15, 0.2) is 53.4 Å². The maximum atomic E-state index is 13.4. The minimum absolute atomic E-state index is 0.00180. The molecule has 116 valence electrons. The lowest BCUT2D eigenvalue weighted by Crippen LogP contribution is -2.33. The van der Waals surface area contributed by atoms with Crippen LogP contribution in [0.3, 0.4) is 0 Å². The van der Waals surface area contributed by atoms with Crippen LogP contribution in [0.4, 0.5) is 4.39 Å². The Morgan fingerprint density at radius 2 is 1.91 bits per heavy atom. The number of rotatable bonds is 3. The number of hydrogen-bond donors (Lipinski definition) is 0. The van der Waals surface area contributed by atoms with E-state index in [9.17, 15) is 12.8 Å². The molecule has 3 nitrogen and oxygen atoms in total. The molecule has 0 amide bonds. The summed E-state index contributed by atoms with van der Waals surface area (Å²) in [7, 11) is -2.13. The molecule has 0 bridgehead atoms. The third kappa shape index (κ3) is 2.66. The SMILES string of the molecule is CN(C1CCCc2ccccc21)S(=O)(=O)c1cccc(F)c1. The van der Waals surface area contributed by atoms with E-state index in [1.807, 2.05) is 24.3 Å². The van der Waals surface area contributed by atoms with E-state index < -0.39 is 15.8 Å². The summed E-state index contributed by atoms with van der Waals surface area (Å²) in [6.07, 6.45) is 2.70. The second kappa shape index (κ2) is 5.82. The Balaban J connectivity index is 1.99. The molecule has 2 aromatic carbocycles. The first-order valence-electron chi connectivity index (χ1n) is 7.31. The zero-order valence-electron chi connectivity index (χ0n) is 12.4. The fraction of sp³-hybridized carbons (Fsp3) is 0.294. The van der Waals surface area contributed by atoms with E-state index in [0.29, 0.717) is 0 Å². The largest absolute Gasteiger partial charge is 0.243 e. The van der Waals surface area contributed by atoms with Crippen molar-refractivity contribution in [3.63, 3.8) is 0 Å². The van der Waals surface area contributed by atoms with Crippen LogP contribution in [0.1, 0.15) is 30.0 Å². The highest BCUT2D eigenvalue weighted by atomic mass is 32.2. The van der Waals surface area contributed by atoms with E-state index >= 15 is 0 Å². The van der Waals surface area contributed by atoms with Crippen LogP contribution in [0.25, 0.3) is 0 Å². The lowest BCUT2D eigenvalue weighted by Gasteiger charge is -2.32. The fourth-order valence-corrected chi connectivity index (χ4v) is 4.47. The molecular weight excluding hydrogens is 301 g/mol. The fourth-order valence-electron chi connectivity index (χ4n) is 3.07. The van der Waals surface area contributed by atoms with E-state index in [4.69, 9.17) is 0 Å². The minimum Gasteiger partial charge on any atom is -0.207 e. The maximum absolute atomic E-state index is 13.4. The highest BCUT2D eigenvalue weighted by Crippen LogP contribution is 2.36. The van der Waals surface area contributed by atoms with Crippen LogP contribution in [-0.2, 0) is 16.4 Å². The maximum Gasteiger partial charge on any atom is 0.243 e. The van der Waals surface area contributed by atoms with Crippen LogP contribution in [0.2, 0.25) is 0 Å². The number of benzene rings is 2. The van der Waals surface area contributed by atoms with Crippen LogP contribution >= 0.6 is 0 Å². The van der Waals surface area contributed by atoms with Gasteiger partial charge in [-0.2, -0.15) is 4.31 Å². The van der Waals surface area contributed by atoms with E-state index in [1.54, 1.807) is 7.05 Å². The third-order valence-corrected chi connectivity index (χ3v) is 6.11. The molecule has 0 N–H and O–H groups in total. The Labute approximate surface area is 130 Å². The molecule has 0 saturated carbocycles. The summed E-state index contributed by atoms with van der Waals surface area (Å²) >= 11 is 0. The molecular formula is C17H18FNO2S. The number of halogens is 1. The number of sulfonamides is 1. The molecule has 0 spiro atoms. The monoisotopic (exact) mass is 319 g/mol. The second-order valence-corrected chi connectivity index (χ2v) is 7.58. The predicted octanol–water partition coefficient (Wildman–Crippen LogP) is 3.52. The second-order valence-electron chi connectivity index (χ2n) is 5.59. The lowest BCUT2D eigenvalue weighted by molar-refractivity contribution is 0.337. The summed E-state index contributed by atoms with van der Waals surface area (Å²) in [6.45, 7) is 0. The van der Waals surface area contributed by atoms with Gasteiger partial charge in [0.1, 0.15) is 5.82 Å². The van der Waals surface area contributed by atoms with Crippen molar-refractivity contribution in [2.45, 2.75) is 30.2 Å². The molecule has 5 heteroatoms. The van der Waals surface area contributed by atoms with Gasteiger partial charge >= 0.3 is 0 Å². The van der Waals surface area contributed by atoms with Gasteiger partial charge in [-0.1, -0.05) is 30.3 Å². The Hall–Kier alpha value is -1.72. The molecule has 0 saturated heterocycles. The van der Waals surface area contributed by atoms with Gasteiger partial charge in [0.05, 0.1) is 4.90 Å². The van der Waals surface area contributed by atoms with Crippen LogP contribution in [0, 0.1) is 5.82 Å². The average molecular weight is 319 g/mol. The molecule has 22 heavy (non-hydrogen) atoms. The molecule has 0 radical (unpaired) electrons. The summed E-state index contributed by atoms with van der Waals surface area (Å²) < 4.78 is 40.2. The van der Waals surface area contributed by atoms with Crippen molar-refractivity contribution in [3.8, 4) is 0 Å². The molecule has 1 atom stereocenters. The van der Waals surface area contributed by atoms with Crippen molar-refractivity contribution in [2.24, 2.45) is 0 Å². The topological polar surface area (TPSA) is 37.4 Å². The van der Waals surface area contributed by atoms with Crippen molar-refractivity contribution >= 4 is 10.0 Å². The first-order valence-corrected chi connectivity index (χ1v) is 8.75. The molecule has 0 aliphatic heterocycles. The summed E-state index contributed by atoms with van der Waals surface area (Å²) in [5.74, 6) is -0.543. The van der Waals surface area contributed by atoms with Gasteiger partial charge in [-0.15, -0.1) is 0 Å². The van der Waals surface area contributed by atoms with E-state index in [1.165, 1.54) is 28.1 Å². The van der Waals surface area contributed by atoms with Gasteiger partial charge in [0, 0.05) is 13.1 Å². The van der Waals surface area contributed by atoms with Gasteiger partial charge < -0.3 is 0 Å². The summed E-state index contributed by atoms with van der Waals surface area (Å²) in [4.78, 5) is -0.00180. The van der Waals surface area contributed by atoms with E-state index in [2.05, 4.69) is 0 Å². The number of fused-ring (bicyclic) bond motifs is 1. The highest BCUT2D eigenvalue weighted by molar-refractivity contribution is 7.89. The lowest BCUT2D eigenvalue weighted by atomic mass is 9.88. The summed E-state index contributed by atoms with van der Waals surface area (Å²) in [5, 5.41) is 0. The van der Waals surface area contributed by atoms with Crippen molar-refractivity contribution < 1.29 is 12.8 Å². The Kier molecular flexibility index (Phi) is 4.02. The number of hydrogen-bond acceptors (Lipinski definition) is 2. The number of nitrogens with zero attached hydrogens (tertiary/aromatic N) is 1. The van der Waals surface area contributed by atoms with Gasteiger partial charge in [-0.3, -0.25) is 0 Å². The van der Waals surface area contributed by atoms with Crippen molar-refractivity contribution in [1.82, 2.24) is 4.31 Å². The predicted molar refractivity (Wildman–Crippen MR) is 83.5 cm³/mol. The average Bonchev–Trinajstić information content (AvgIpc) is 2.53. The van der Waals surface area contributed by atoms with Gasteiger partial charge in [0.25, 0.3) is 0 Å². The summed E-state index contributed by atoms with van der Waals surface area (Å²) in [5.41, 5.74) is 2.25. The third-order valence-electron chi connectivity index (χ3n) is 4.25. The molecule has 3 rings (SSSR count). The van der Waals surface area contributed by atoms with E-state index in [-0.39, 0.29) is 10.9 Å². The van der Waals surface area contributed by atoms with Gasteiger partial charge in [-0.05, 0) is 48.6 Å². The molecule has 1 aliphatic carbocycles. The molecule has 0 heterocycles. The van der Waals surface area contributed by atoms with Crippen molar-refractivity contribution in [3.05, 3.63) is 65.5 Å². The Morgan fingerprint density at radius 1 is 1.14 bits per heavy atom. The Bertz CT molecular complexity index is 789. The quantitative estimate of drug-likeness (QED) is 0.868. The van der Waals surface area contributed by atoms with Gasteiger partial charge in [0.15, 0.2) is 0 Å². The Morgan fingerprint density at radius 3 is 2.68 bits per heavy atom. The number of aryl methyl sites for hydroxylation is 1. The summed E-state index contributed by atoms with van der Waals surface area (Å²) in [6, 6.07) is 12.9. The first-order chi connectivity index (χ1) is 10.5. The molecule has 2 aromatic rings. The van der Waals surface area contributed by atoms with Crippen molar-refractivity contribution in [2.75, 3.05) is 7.05 Å². The highest BCUT2D eigenvalue weighted by Gasteiger charge is 2.32.